The van der Waals surface area contributed by atoms with E-state index in [2.05, 4.69) is 4.74 Å². The first-order valence-electron chi connectivity index (χ1n) is 4.18. The normalized spacial score (nSPS) is 12.3. The molecular weight excluding hydrogens is 242 g/mol. The Labute approximate surface area is 96.9 Å². The highest BCUT2D eigenvalue weighted by Gasteiger charge is 2.14. The second-order valence-corrected chi connectivity index (χ2v) is 3.82. The van der Waals surface area contributed by atoms with Gasteiger partial charge in [-0.15, -0.1) is 11.6 Å². The van der Waals surface area contributed by atoms with Crippen LogP contribution in [0.5, 0.6) is 5.75 Å². The Balaban J connectivity index is 3.02. The number of hydrogen-bond acceptors (Lipinski definition) is 2. The first-order chi connectivity index (χ1) is 7.04. The molecule has 0 amide bonds. The summed E-state index contributed by atoms with van der Waals surface area (Å²) in [5, 5.41) is -0.437. The molecular formula is C10H9Cl2FO2. The number of ketones is 1. The lowest BCUT2D eigenvalue weighted by atomic mass is 10.1. The summed E-state index contributed by atoms with van der Waals surface area (Å²) in [6.07, 6.45) is 0. The van der Waals surface area contributed by atoms with E-state index in [0.29, 0.717) is 10.6 Å². The van der Waals surface area contributed by atoms with Gasteiger partial charge in [0.25, 0.3) is 0 Å². The number of benzene rings is 1. The van der Waals surface area contributed by atoms with Crippen LogP contribution in [0.1, 0.15) is 17.9 Å². The third-order valence-corrected chi connectivity index (χ3v) is 2.54. The van der Waals surface area contributed by atoms with Gasteiger partial charge >= 0.3 is 0 Å². The van der Waals surface area contributed by atoms with Crippen LogP contribution in [0.3, 0.4) is 0 Å². The summed E-state index contributed by atoms with van der Waals surface area (Å²) in [7, 11) is 0. The summed E-state index contributed by atoms with van der Waals surface area (Å²) in [5.41, 5.74) is 0.500. The van der Waals surface area contributed by atoms with E-state index in [4.69, 9.17) is 23.2 Å². The maximum Gasteiger partial charge on any atom is 0.228 e. The van der Waals surface area contributed by atoms with E-state index in [-0.39, 0.29) is 11.5 Å². The summed E-state index contributed by atoms with van der Waals surface area (Å²) in [6.45, 7) is 0.418. The Kier molecular flexibility index (Phi) is 4.36. The summed E-state index contributed by atoms with van der Waals surface area (Å²) in [5.74, 6) is 0.0528. The smallest absolute Gasteiger partial charge is 0.228 e. The van der Waals surface area contributed by atoms with Crippen LogP contribution >= 0.6 is 23.2 Å². The molecule has 0 saturated carbocycles. The molecule has 0 N–H and O–H groups in total. The highest BCUT2D eigenvalue weighted by atomic mass is 35.5. The van der Waals surface area contributed by atoms with E-state index in [1.165, 1.54) is 19.1 Å². The van der Waals surface area contributed by atoms with E-state index < -0.39 is 12.2 Å². The van der Waals surface area contributed by atoms with Gasteiger partial charge in [0.1, 0.15) is 11.1 Å². The molecule has 82 valence electrons. The fourth-order valence-corrected chi connectivity index (χ4v) is 1.47. The largest absolute Gasteiger partial charge is 0.463 e. The molecule has 1 unspecified atom stereocenters. The van der Waals surface area contributed by atoms with E-state index in [0.717, 1.165) is 0 Å². The molecule has 2 nitrogen and oxygen atoms in total. The summed E-state index contributed by atoms with van der Waals surface area (Å²) >= 11 is 11.6. The van der Waals surface area contributed by atoms with Crippen LogP contribution in [-0.2, 0) is 4.79 Å². The Morgan fingerprint density at radius 3 is 2.73 bits per heavy atom. The third-order valence-electron chi connectivity index (χ3n) is 1.76. The van der Waals surface area contributed by atoms with Crippen molar-refractivity contribution in [2.45, 2.75) is 12.3 Å². The van der Waals surface area contributed by atoms with Crippen LogP contribution in [0.4, 0.5) is 4.39 Å². The zero-order valence-corrected chi connectivity index (χ0v) is 9.48. The van der Waals surface area contributed by atoms with Gasteiger partial charge in [-0.25, -0.2) is 4.39 Å². The van der Waals surface area contributed by atoms with Crippen molar-refractivity contribution in [3.8, 4) is 5.75 Å². The Morgan fingerprint density at radius 2 is 2.20 bits per heavy atom. The van der Waals surface area contributed by atoms with Gasteiger partial charge in [-0.05, 0) is 30.7 Å². The van der Waals surface area contributed by atoms with Gasteiger partial charge in [0.05, 0.1) is 0 Å². The van der Waals surface area contributed by atoms with Gasteiger partial charge in [-0.2, -0.15) is 0 Å². The maximum absolute atomic E-state index is 11.9. The molecule has 1 rings (SSSR count). The Hall–Kier alpha value is -0.800. The minimum absolute atomic E-state index is 0.204. The number of rotatable bonds is 4. The number of carbonyl (C=O) groups excluding carboxylic acids is 1. The van der Waals surface area contributed by atoms with Crippen molar-refractivity contribution in [1.82, 2.24) is 0 Å². The van der Waals surface area contributed by atoms with Crippen LogP contribution in [0.15, 0.2) is 18.2 Å². The summed E-state index contributed by atoms with van der Waals surface area (Å²) in [6, 6.07) is 4.49. The highest BCUT2D eigenvalue weighted by molar-refractivity contribution is 6.32. The van der Waals surface area contributed by atoms with E-state index in [9.17, 15) is 9.18 Å². The monoisotopic (exact) mass is 250 g/mol. The average Bonchev–Trinajstić information content (AvgIpc) is 2.16. The molecule has 0 aliphatic rings. The number of hydrogen-bond donors (Lipinski definition) is 0. The van der Waals surface area contributed by atoms with Crippen LogP contribution < -0.4 is 4.74 Å². The van der Waals surface area contributed by atoms with E-state index in [1.54, 1.807) is 6.07 Å². The predicted octanol–water partition coefficient (Wildman–Crippen LogP) is 3.51. The standard InChI is InChI=1S/C10H9Cl2FO2/c1-6(14)10(12)7-2-8(11)4-9(3-7)15-5-13/h2-4,10H,5H2,1H3. The van der Waals surface area contributed by atoms with Crippen molar-refractivity contribution in [2.24, 2.45) is 0 Å². The van der Waals surface area contributed by atoms with Crippen LogP contribution in [0, 0.1) is 0 Å². The quantitative estimate of drug-likeness (QED) is 0.765. The third kappa shape index (κ3) is 3.36. The first kappa shape index (κ1) is 12.3. The minimum Gasteiger partial charge on any atom is -0.463 e. The van der Waals surface area contributed by atoms with Gasteiger partial charge < -0.3 is 4.74 Å². The topological polar surface area (TPSA) is 26.3 Å². The number of halogens is 3. The van der Waals surface area contributed by atoms with Crippen molar-refractivity contribution in [3.05, 3.63) is 28.8 Å². The molecule has 0 aliphatic heterocycles. The second-order valence-electron chi connectivity index (χ2n) is 2.95. The SMILES string of the molecule is CC(=O)C(Cl)c1cc(Cl)cc(OCF)c1. The van der Waals surface area contributed by atoms with Crippen molar-refractivity contribution < 1.29 is 13.9 Å². The van der Waals surface area contributed by atoms with Crippen molar-refractivity contribution in [3.63, 3.8) is 0 Å². The molecule has 15 heavy (non-hydrogen) atoms. The number of ether oxygens (including phenoxy) is 1. The van der Waals surface area contributed by atoms with Gasteiger partial charge in [0.2, 0.25) is 6.86 Å². The van der Waals surface area contributed by atoms with Crippen molar-refractivity contribution in [1.29, 1.82) is 0 Å². The molecule has 0 heterocycles. The lowest BCUT2D eigenvalue weighted by Crippen LogP contribution is -2.02. The molecule has 0 aromatic heterocycles. The molecule has 1 aromatic carbocycles. The second kappa shape index (κ2) is 5.33. The highest BCUT2D eigenvalue weighted by Crippen LogP contribution is 2.29. The van der Waals surface area contributed by atoms with Crippen LogP contribution in [0.2, 0.25) is 5.02 Å². The fourth-order valence-electron chi connectivity index (χ4n) is 1.11. The van der Waals surface area contributed by atoms with Gasteiger partial charge in [0.15, 0.2) is 5.78 Å². The maximum atomic E-state index is 11.9. The molecule has 1 atom stereocenters. The fraction of sp³-hybridized carbons (Fsp3) is 0.300. The molecule has 0 fully saturated rings. The molecule has 1 aromatic rings. The van der Waals surface area contributed by atoms with Crippen molar-refractivity contribution in [2.75, 3.05) is 6.86 Å². The molecule has 0 aliphatic carbocycles. The first-order valence-corrected chi connectivity index (χ1v) is 5.00. The van der Waals surface area contributed by atoms with Crippen molar-refractivity contribution >= 4 is 29.0 Å². The van der Waals surface area contributed by atoms with Gasteiger partial charge in [0, 0.05) is 5.02 Å². The Morgan fingerprint density at radius 1 is 1.53 bits per heavy atom. The van der Waals surface area contributed by atoms with E-state index in [1.807, 2.05) is 0 Å². The lowest BCUT2D eigenvalue weighted by Gasteiger charge is -2.09. The van der Waals surface area contributed by atoms with Gasteiger partial charge in [-0.3, -0.25) is 4.79 Å². The average molecular weight is 251 g/mol. The van der Waals surface area contributed by atoms with Gasteiger partial charge in [-0.1, -0.05) is 11.6 Å². The van der Waals surface area contributed by atoms with Crippen LogP contribution in [0.25, 0.3) is 0 Å². The molecule has 0 spiro atoms. The lowest BCUT2D eigenvalue weighted by molar-refractivity contribution is -0.116. The number of Topliss-reactive ketones (excluding diaryl/α,β-unsaturated/α-hetero) is 1. The predicted molar refractivity (Wildman–Crippen MR) is 57.3 cm³/mol. The minimum atomic E-state index is -0.952. The number of carbonyl (C=O) groups is 1. The molecule has 0 radical (unpaired) electrons. The number of alkyl halides is 2. The van der Waals surface area contributed by atoms with E-state index >= 15 is 0 Å². The molecule has 0 bridgehead atoms. The molecule has 0 saturated heterocycles. The Bertz CT molecular complexity index is 368. The summed E-state index contributed by atoms with van der Waals surface area (Å²) < 4.78 is 16.6. The van der Waals surface area contributed by atoms with Crippen LogP contribution in [-0.4, -0.2) is 12.6 Å². The zero-order valence-electron chi connectivity index (χ0n) is 7.97. The zero-order chi connectivity index (χ0) is 11.4. The summed E-state index contributed by atoms with van der Waals surface area (Å²) in [4.78, 5) is 11.0. The molecule has 5 heteroatoms.